The van der Waals surface area contributed by atoms with Crippen LogP contribution >= 0.6 is 0 Å². The smallest absolute Gasteiger partial charge is 0.278 e. The van der Waals surface area contributed by atoms with Gasteiger partial charge in [-0.1, -0.05) is 36.6 Å². The SMILES string of the molecule is Fc1cccc([C@@H]2Cn3cnc(-c4nc(C5CCCCC5)no4)c3CO2)c1. The molecule has 7 heteroatoms. The van der Waals surface area contributed by atoms with Gasteiger partial charge in [0.15, 0.2) is 11.5 Å². The van der Waals surface area contributed by atoms with E-state index in [0.717, 1.165) is 29.9 Å². The van der Waals surface area contributed by atoms with Crippen molar-refractivity contribution in [2.75, 3.05) is 0 Å². The molecular formula is C20H21FN4O2. The third-order valence-electron chi connectivity index (χ3n) is 5.57. The monoisotopic (exact) mass is 368 g/mol. The van der Waals surface area contributed by atoms with Crippen LogP contribution in [0.25, 0.3) is 11.6 Å². The second-order valence-electron chi connectivity index (χ2n) is 7.34. The Kier molecular flexibility index (Phi) is 4.24. The largest absolute Gasteiger partial charge is 0.365 e. The molecule has 1 atom stereocenters. The van der Waals surface area contributed by atoms with Gasteiger partial charge in [0.2, 0.25) is 0 Å². The van der Waals surface area contributed by atoms with Crippen molar-refractivity contribution in [1.82, 2.24) is 19.7 Å². The molecule has 1 aliphatic heterocycles. The lowest BCUT2D eigenvalue weighted by Gasteiger charge is -2.25. The van der Waals surface area contributed by atoms with E-state index in [9.17, 15) is 4.39 Å². The van der Waals surface area contributed by atoms with Crippen LogP contribution in [0.2, 0.25) is 0 Å². The Morgan fingerprint density at radius 2 is 2.04 bits per heavy atom. The normalized spacial score (nSPS) is 20.6. The average Bonchev–Trinajstić information content (AvgIpc) is 3.35. The van der Waals surface area contributed by atoms with Gasteiger partial charge in [-0.05, 0) is 30.5 Å². The first-order chi connectivity index (χ1) is 13.3. The van der Waals surface area contributed by atoms with Crippen LogP contribution in [0.3, 0.4) is 0 Å². The fraction of sp³-hybridized carbons (Fsp3) is 0.450. The summed E-state index contributed by atoms with van der Waals surface area (Å²) in [4.78, 5) is 9.10. The van der Waals surface area contributed by atoms with Crippen molar-refractivity contribution in [3.63, 3.8) is 0 Å². The predicted molar refractivity (Wildman–Crippen MR) is 95.3 cm³/mol. The molecule has 2 aromatic heterocycles. The number of halogens is 1. The fourth-order valence-corrected chi connectivity index (χ4v) is 4.07. The number of hydrogen-bond donors (Lipinski definition) is 0. The van der Waals surface area contributed by atoms with Crippen LogP contribution in [0.15, 0.2) is 35.1 Å². The van der Waals surface area contributed by atoms with Gasteiger partial charge in [-0.3, -0.25) is 0 Å². The Hall–Kier alpha value is -2.54. The molecule has 0 spiro atoms. The van der Waals surface area contributed by atoms with E-state index in [1.807, 2.05) is 10.6 Å². The van der Waals surface area contributed by atoms with E-state index in [1.165, 1.54) is 31.4 Å². The van der Waals surface area contributed by atoms with Gasteiger partial charge in [-0.2, -0.15) is 4.98 Å². The Bertz CT molecular complexity index is 945. The molecule has 3 aromatic rings. The van der Waals surface area contributed by atoms with E-state index in [1.54, 1.807) is 12.4 Å². The minimum atomic E-state index is -0.255. The molecule has 0 amide bonds. The predicted octanol–water partition coefficient (Wildman–Crippen LogP) is 4.39. The second kappa shape index (κ2) is 6.88. The van der Waals surface area contributed by atoms with E-state index >= 15 is 0 Å². The quantitative estimate of drug-likeness (QED) is 0.686. The summed E-state index contributed by atoms with van der Waals surface area (Å²) in [6, 6.07) is 6.54. The van der Waals surface area contributed by atoms with Gasteiger partial charge >= 0.3 is 0 Å². The van der Waals surface area contributed by atoms with Gasteiger partial charge in [0.1, 0.15) is 11.9 Å². The Balaban J connectivity index is 1.38. The van der Waals surface area contributed by atoms with Gasteiger partial charge in [-0.15, -0.1) is 0 Å². The Morgan fingerprint density at radius 1 is 1.15 bits per heavy atom. The molecule has 1 aromatic carbocycles. The van der Waals surface area contributed by atoms with Crippen LogP contribution in [-0.2, 0) is 17.9 Å². The summed E-state index contributed by atoms with van der Waals surface area (Å²) in [7, 11) is 0. The van der Waals surface area contributed by atoms with Crippen LogP contribution in [0.4, 0.5) is 4.39 Å². The van der Waals surface area contributed by atoms with E-state index in [0.29, 0.717) is 30.7 Å². The number of ether oxygens (including phenoxy) is 1. The highest BCUT2D eigenvalue weighted by Gasteiger charge is 2.28. The molecule has 0 saturated heterocycles. The lowest BCUT2D eigenvalue weighted by molar-refractivity contribution is 0.00314. The van der Waals surface area contributed by atoms with Crippen molar-refractivity contribution in [3.8, 4) is 11.6 Å². The number of hydrogen-bond acceptors (Lipinski definition) is 5. The molecule has 6 nitrogen and oxygen atoms in total. The summed E-state index contributed by atoms with van der Waals surface area (Å²) in [6.07, 6.45) is 7.56. The molecule has 1 fully saturated rings. The number of imidazole rings is 1. The van der Waals surface area contributed by atoms with Gasteiger partial charge in [0.25, 0.3) is 5.89 Å². The Labute approximate surface area is 156 Å². The van der Waals surface area contributed by atoms with Crippen molar-refractivity contribution in [1.29, 1.82) is 0 Å². The summed E-state index contributed by atoms with van der Waals surface area (Å²) in [5, 5.41) is 4.20. The third kappa shape index (κ3) is 3.16. The van der Waals surface area contributed by atoms with Crippen LogP contribution < -0.4 is 0 Å². The maximum atomic E-state index is 13.5. The van der Waals surface area contributed by atoms with E-state index in [-0.39, 0.29) is 11.9 Å². The molecule has 0 N–H and O–H groups in total. The van der Waals surface area contributed by atoms with Crippen molar-refractivity contribution >= 4 is 0 Å². The number of aromatic nitrogens is 4. The van der Waals surface area contributed by atoms with Gasteiger partial charge in [0.05, 0.1) is 25.2 Å². The Morgan fingerprint density at radius 3 is 2.89 bits per heavy atom. The molecule has 3 heterocycles. The zero-order chi connectivity index (χ0) is 18.2. The van der Waals surface area contributed by atoms with Gasteiger partial charge in [-0.25, -0.2) is 9.37 Å². The average molecular weight is 368 g/mol. The molecule has 0 bridgehead atoms. The molecule has 1 aliphatic carbocycles. The molecule has 27 heavy (non-hydrogen) atoms. The molecule has 0 unspecified atom stereocenters. The highest BCUT2D eigenvalue weighted by Crippen LogP contribution is 2.34. The van der Waals surface area contributed by atoms with Crippen LogP contribution in [0.5, 0.6) is 0 Å². The zero-order valence-electron chi connectivity index (χ0n) is 15.0. The first kappa shape index (κ1) is 16.6. The summed E-state index contributed by atoms with van der Waals surface area (Å²) in [5.74, 6) is 1.38. The van der Waals surface area contributed by atoms with E-state index < -0.39 is 0 Å². The third-order valence-corrected chi connectivity index (χ3v) is 5.57. The van der Waals surface area contributed by atoms with E-state index in [4.69, 9.17) is 9.26 Å². The lowest BCUT2D eigenvalue weighted by atomic mass is 9.89. The van der Waals surface area contributed by atoms with Gasteiger partial charge in [0, 0.05) is 5.92 Å². The lowest BCUT2D eigenvalue weighted by Crippen LogP contribution is -2.20. The summed E-state index contributed by atoms with van der Waals surface area (Å²) in [5.41, 5.74) is 2.43. The van der Waals surface area contributed by atoms with Gasteiger partial charge < -0.3 is 13.8 Å². The minimum absolute atomic E-state index is 0.198. The van der Waals surface area contributed by atoms with Crippen molar-refractivity contribution in [2.45, 2.75) is 57.3 Å². The number of benzene rings is 1. The maximum Gasteiger partial charge on any atom is 0.278 e. The van der Waals surface area contributed by atoms with Crippen LogP contribution in [0.1, 0.15) is 61.2 Å². The molecule has 0 radical (unpaired) electrons. The fourth-order valence-electron chi connectivity index (χ4n) is 4.07. The standard InChI is InChI=1S/C20H21FN4O2/c21-15-8-4-7-14(9-15)17-10-25-12-22-18(16(25)11-26-17)20-23-19(24-27-20)13-5-2-1-3-6-13/h4,7-9,12-13,17H,1-3,5-6,10-11H2/t17-/m0/s1. The molecule has 140 valence electrons. The molecule has 2 aliphatic rings. The van der Waals surface area contributed by atoms with Crippen LogP contribution in [-0.4, -0.2) is 19.7 Å². The molecule has 5 rings (SSSR count). The second-order valence-corrected chi connectivity index (χ2v) is 7.34. The maximum absolute atomic E-state index is 13.5. The topological polar surface area (TPSA) is 66.0 Å². The molecular weight excluding hydrogens is 347 g/mol. The molecule has 1 saturated carbocycles. The van der Waals surface area contributed by atoms with Crippen molar-refractivity contribution in [2.24, 2.45) is 0 Å². The summed E-state index contributed by atoms with van der Waals surface area (Å²) < 4.78 is 27.0. The minimum Gasteiger partial charge on any atom is -0.365 e. The highest BCUT2D eigenvalue weighted by atomic mass is 19.1. The number of nitrogens with zero attached hydrogens (tertiary/aromatic N) is 4. The van der Waals surface area contributed by atoms with Crippen molar-refractivity contribution < 1.29 is 13.7 Å². The zero-order valence-corrected chi connectivity index (χ0v) is 15.0. The van der Waals surface area contributed by atoms with Crippen LogP contribution in [0, 0.1) is 5.82 Å². The van der Waals surface area contributed by atoms with Crippen molar-refractivity contribution in [3.05, 3.63) is 53.5 Å². The highest BCUT2D eigenvalue weighted by molar-refractivity contribution is 5.51. The number of fused-ring (bicyclic) bond motifs is 1. The first-order valence-electron chi connectivity index (χ1n) is 9.53. The number of rotatable bonds is 3. The summed E-state index contributed by atoms with van der Waals surface area (Å²) in [6.45, 7) is 0.951. The summed E-state index contributed by atoms with van der Waals surface area (Å²) >= 11 is 0. The first-order valence-corrected chi connectivity index (χ1v) is 9.53. The van der Waals surface area contributed by atoms with E-state index in [2.05, 4.69) is 15.1 Å².